The molecule has 1 heterocycles. The van der Waals surface area contributed by atoms with Gasteiger partial charge in [0.2, 0.25) is 0 Å². The van der Waals surface area contributed by atoms with Crippen molar-refractivity contribution in [3.05, 3.63) is 66.2 Å². The topological polar surface area (TPSA) is 24.9 Å². The maximum atomic E-state index is 13.6. The molecular formula is C18H17FN2. The van der Waals surface area contributed by atoms with Gasteiger partial charge in [0.15, 0.2) is 0 Å². The van der Waals surface area contributed by atoms with Crippen LogP contribution in [-0.2, 0) is 6.54 Å². The Morgan fingerprint density at radius 3 is 2.86 bits per heavy atom. The summed E-state index contributed by atoms with van der Waals surface area (Å²) >= 11 is 0. The van der Waals surface area contributed by atoms with E-state index in [0.29, 0.717) is 6.54 Å². The Bertz CT molecular complexity index is 763. The summed E-state index contributed by atoms with van der Waals surface area (Å²) in [5.74, 6) is -0.204. The number of halogens is 1. The Labute approximate surface area is 123 Å². The Balaban J connectivity index is 2.18. The monoisotopic (exact) mass is 280 g/mol. The normalized spacial score (nSPS) is 11.0. The van der Waals surface area contributed by atoms with Crippen molar-refractivity contribution in [1.82, 2.24) is 10.3 Å². The summed E-state index contributed by atoms with van der Waals surface area (Å²) in [6, 6.07) is 13.1. The van der Waals surface area contributed by atoms with Gasteiger partial charge in [0.25, 0.3) is 0 Å². The number of nitrogens with one attached hydrogen (secondary N) is 1. The molecule has 3 rings (SSSR count). The van der Waals surface area contributed by atoms with E-state index in [-0.39, 0.29) is 5.82 Å². The number of hydrogen-bond donors (Lipinski definition) is 1. The summed E-state index contributed by atoms with van der Waals surface area (Å²) < 4.78 is 13.6. The van der Waals surface area contributed by atoms with Crippen molar-refractivity contribution in [3.8, 4) is 11.1 Å². The molecule has 0 unspecified atom stereocenters. The van der Waals surface area contributed by atoms with Crippen LogP contribution in [0.15, 0.2) is 54.9 Å². The maximum Gasteiger partial charge on any atom is 0.123 e. The van der Waals surface area contributed by atoms with Crippen LogP contribution in [0, 0.1) is 5.82 Å². The molecule has 0 spiro atoms. The van der Waals surface area contributed by atoms with Crippen molar-refractivity contribution in [2.45, 2.75) is 13.5 Å². The predicted octanol–water partition coefficient (Wildman–Crippen LogP) is 4.15. The minimum atomic E-state index is -0.204. The van der Waals surface area contributed by atoms with E-state index in [1.54, 1.807) is 12.3 Å². The van der Waals surface area contributed by atoms with E-state index in [1.165, 1.54) is 6.07 Å². The highest BCUT2D eigenvalue weighted by atomic mass is 19.1. The van der Waals surface area contributed by atoms with E-state index >= 15 is 0 Å². The minimum absolute atomic E-state index is 0.204. The zero-order chi connectivity index (χ0) is 14.7. The molecule has 2 nitrogen and oxygen atoms in total. The van der Waals surface area contributed by atoms with E-state index in [4.69, 9.17) is 0 Å². The number of benzene rings is 2. The summed E-state index contributed by atoms with van der Waals surface area (Å²) in [5.41, 5.74) is 3.11. The van der Waals surface area contributed by atoms with E-state index in [0.717, 1.165) is 34.0 Å². The van der Waals surface area contributed by atoms with Gasteiger partial charge in [0, 0.05) is 24.3 Å². The van der Waals surface area contributed by atoms with E-state index in [2.05, 4.69) is 22.4 Å². The lowest BCUT2D eigenvalue weighted by atomic mass is 9.95. The highest BCUT2D eigenvalue weighted by molar-refractivity contribution is 5.96. The largest absolute Gasteiger partial charge is 0.313 e. The molecule has 3 aromatic rings. The van der Waals surface area contributed by atoms with Crippen molar-refractivity contribution in [2.75, 3.05) is 6.54 Å². The number of rotatable bonds is 4. The molecular weight excluding hydrogens is 263 g/mol. The average Bonchev–Trinajstić information content (AvgIpc) is 2.52. The van der Waals surface area contributed by atoms with Gasteiger partial charge in [-0.1, -0.05) is 31.2 Å². The second-order valence-electron chi connectivity index (χ2n) is 4.98. The van der Waals surface area contributed by atoms with E-state index in [9.17, 15) is 4.39 Å². The highest BCUT2D eigenvalue weighted by Gasteiger charge is 2.09. The van der Waals surface area contributed by atoms with Crippen LogP contribution in [0.25, 0.3) is 21.9 Å². The van der Waals surface area contributed by atoms with E-state index < -0.39 is 0 Å². The number of hydrogen-bond acceptors (Lipinski definition) is 2. The van der Waals surface area contributed by atoms with Crippen molar-refractivity contribution >= 4 is 10.8 Å². The van der Waals surface area contributed by atoms with Crippen LogP contribution >= 0.6 is 0 Å². The molecule has 106 valence electrons. The molecule has 0 aliphatic heterocycles. The zero-order valence-corrected chi connectivity index (χ0v) is 11.9. The summed E-state index contributed by atoms with van der Waals surface area (Å²) in [4.78, 5) is 4.22. The van der Waals surface area contributed by atoms with Gasteiger partial charge in [-0.05, 0) is 46.8 Å². The van der Waals surface area contributed by atoms with Gasteiger partial charge < -0.3 is 5.32 Å². The van der Waals surface area contributed by atoms with Gasteiger partial charge in [0.05, 0.1) is 0 Å². The van der Waals surface area contributed by atoms with Gasteiger partial charge in [-0.15, -0.1) is 0 Å². The first-order valence-electron chi connectivity index (χ1n) is 7.12. The van der Waals surface area contributed by atoms with Crippen LogP contribution in [0.2, 0.25) is 0 Å². The first-order valence-corrected chi connectivity index (χ1v) is 7.12. The van der Waals surface area contributed by atoms with Gasteiger partial charge >= 0.3 is 0 Å². The summed E-state index contributed by atoms with van der Waals surface area (Å²) in [6.07, 6.45) is 3.65. The second-order valence-corrected chi connectivity index (χ2v) is 4.98. The first kappa shape index (κ1) is 13.7. The van der Waals surface area contributed by atoms with Gasteiger partial charge in [-0.2, -0.15) is 0 Å². The third-order valence-electron chi connectivity index (χ3n) is 3.61. The fraction of sp³-hybridized carbons (Fsp3) is 0.167. The molecule has 0 fully saturated rings. The summed E-state index contributed by atoms with van der Waals surface area (Å²) in [5, 5.41) is 5.50. The standard InChI is InChI=1S/C18H17FN2/c1-2-20-11-14-10-15(19)6-7-16(14)17-5-3-4-13-8-9-21-12-18(13)17/h3-10,12,20H,2,11H2,1H3. The quantitative estimate of drug-likeness (QED) is 0.776. The van der Waals surface area contributed by atoms with E-state index in [1.807, 2.05) is 31.3 Å². The molecule has 0 atom stereocenters. The zero-order valence-electron chi connectivity index (χ0n) is 11.9. The number of pyridine rings is 1. The molecule has 0 amide bonds. The summed E-state index contributed by atoms with van der Waals surface area (Å²) in [7, 11) is 0. The van der Waals surface area contributed by atoms with Crippen molar-refractivity contribution in [3.63, 3.8) is 0 Å². The molecule has 0 aliphatic rings. The lowest BCUT2D eigenvalue weighted by Gasteiger charge is -2.12. The Morgan fingerprint density at radius 1 is 1.10 bits per heavy atom. The van der Waals surface area contributed by atoms with Gasteiger partial charge in [0.1, 0.15) is 5.82 Å². The fourth-order valence-corrected chi connectivity index (χ4v) is 2.58. The van der Waals surface area contributed by atoms with Gasteiger partial charge in [-0.25, -0.2) is 4.39 Å². The molecule has 3 heteroatoms. The lowest BCUT2D eigenvalue weighted by Crippen LogP contribution is -2.12. The van der Waals surface area contributed by atoms with Crippen LogP contribution in [0.3, 0.4) is 0 Å². The van der Waals surface area contributed by atoms with Crippen LogP contribution in [-0.4, -0.2) is 11.5 Å². The third kappa shape index (κ3) is 2.78. The number of nitrogens with zero attached hydrogens (tertiary/aromatic N) is 1. The molecule has 2 aromatic carbocycles. The molecule has 0 saturated carbocycles. The molecule has 0 radical (unpaired) electrons. The fourth-order valence-electron chi connectivity index (χ4n) is 2.58. The lowest BCUT2D eigenvalue weighted by molar-refractivity contribution is 0.622. The molecule has 0 bridgehead atoms. The predicted molar refractivity (Wildman–Crippen MR) is 84.5 cm³/mol. The molecule has 0 saturated heterocycles. The van der Waals surface area contributed by atoms with Crippen molar-refractivity contribution < 1.29 is 4.39 Å². The molecule has 1 aromatic heterocycles. The smallest absolute Gasteiger partial charge is 0.123 e. The van der Waals surface area contributed by atoms with Crippen LogP contribution < -0.4 is 5.32 Å². The Kier molecular flexibility index (Phi) is 3.93. The Morgan fingerprint density at radius 2 is 2.00 bits per heavy atom. The Hall–Kier alpha value is -2.26. The number of aromatic nitrogens is 1. The van der Waals surface area contributed by atoms with Crippen LogP contribution in [0.1, 0.15) is 12.5 Å². The second kappa shape index (κ2) is 6.02. The van der Waals surface area contributed by atoms with Crippen molar-refractivity contribution in [1.29, 1.82) is 0 Å². The number of fused-ring (bicyclic) bond motifs is 1. The van der Waals surface area contributed by atoms with Crippen LogP contribution in [0.5, 0.6) is 0 Å². The average molecular weight is 280 g/mol. The molecule has 0 aliphatic carbocycles. The van der Waals surface area contributed by atoms with Crippen LogP contribution in [0.4, 0.5) is 4.39 Å². The summed E-state index contributed by atoms with van der Waals surface area (Å²) in [6.45, 7) is 3.55. The van der Waals surface area contributed by atoms with Gasteiger partial charge in [-0.3, -0.25) is 4.98 Å². The third-order valence-corrected chi connectivity index (χ3v) is 3.61. The SMILES string of the molecule is CCNCc1cc(F)ccc1-c1cccc2ccncc12. The highest BCUT2D eigenvalue weighted by Crippen LogP contribution is 2.31. The molecule has 1 N–H and O–H groups in total. The van der Waals surface area contributed by atoms with Crippen molar-refractivity contribution in [2.24, 2.45) is 0 Å². The molecule has 21 heavy (non-hydrogen) atoms. The maximum absolute atomic E-state index is 13.6. The first-order chi connectivity index (χ1) is 10.3. The minimum Gasteiger partial charge on any atom is -0.313 e.